The van der Waals surface area contributed by atoms with Gasteiger partial charge in [-0.05, 0) is 36.7 Å². The van der Waals surface area contributed by atoms with Crippen molar-refractivity contribution in [2.75, 3.05) is 0 Å². The molecule has 4 aromatic rings. The van der Waals surface area contributed by atoms with E-state index in [1.165, 1.54) is 11.1 Å². The Morgan fingerprint density at radius 2 is 1.32 bits per heavy atom. The predicted octanol–water partition coefficient (Wildman–Crippen LogP) is 6.66. The van der Waals surface area contributed by atoms with Crippen LogP contribution in [-0.4, -0.2) is 9.97 Å². The first-order valence-corrected chi connectivity index (χ1v) is 11.9. The molecule has 1 aromatic carbocycles. The number of nitrogens with zero attached hydrogens (tertiary/aromatic N) is 3. The van der Waals surface area contributed by atoms with Crippen LogP contribution in [0.1, 0.15) is 75.3 Å². The van der Waals surface area contributed by atoms with E-state index in [-0.39, 0.29) is 31.9 Å². The second kappa shape index (κ2) is 8.93. The van der Waals surface area contributed by atoms with Crippen LogP contribution >= 0.6 is 0 Å². The summed E-state index contributed by atoms with van der Waals surface area (Å²) < 4.78 is 0. The average Bonchev–Trinajstić information content (AvgIpc) is 3.23. The molecule has 0 unspecified atom stereocenters. The first-order valence-electron chi connectivity index (χ1n) is 11.9. The van der Waals surface area contributed by atoms with Crippen molar-refractivity contribution in [2.24, 2.45) is 0 Å². The van der Waals surface area contributed by atoms with Gasteiger partial charge in [0.2, 0.25) is 0 Å². The fourth-order valence-corrected chi connectivity index (χ4v) is 5.11. The van der Waals surface area contributed by atoms with Crippen LogP contribution in [0.5, 0.6) is 0 Å². The first-order chi connectivity index (χ1) is 15.8. The summed E-state index contributed by atoms with van der Waals surface area (Å²) in [5.41, 5.74) is 10.2. The Labute approximate surface area is 217 Å². The van der Waals surface area contributed by atoms with Crippen molar-refractivity contribution in [3.63, 3.8) is 0 Å². The molecule has 34 heavy (non-hydrogen) atoms. The van der Waals surface area contributed by atoms with Gasteiger partial charge in [0.05, 0.1) is 0 Å². The van der Waals surface area contributed by atoms with Crippen molar-refractivity contribution in [1.29, 1.82) is 0 Å². The van der Waals surface area contributed by atoms with Gasteiger partial charge in [0.15, 0.2) is 0 Å². The van der Waals surface area contributed by atoms with Gasteiger partial charge in [-0.1, -0.05) is 70.9 Å². The Morgan fingerprint density at radius 1 is 0.735 bits per heavy atom. The zero-order valence-electron chi connectivity index (χ0n) is 20.8. The number of hydrogen-bond acceptors (Lipinski definition) is 2. The topological polar surface area (TPSA) is 39.9 Å². The quantitative estimate of drug-likeness (QED) is 0.233. The molecule has 0 aliphatic carbocycles. The standard InChI is InChI=1S/C30H31N3.Pt/c1-7-21-22(8-2)28-30(5,6)26-17-10-14-23(31-26)19-12-9-13-20(18-19)29(3,4)25-16-11-15-24(32-25)27(21)33-28;/h9-17H,7-8H2,1-6H3;/q-2;+2. The molecule has 0 amide bonds. The summed E-state index contributed by atoms with van der Waals surface area (Å²) in [6, 6.07) is 22.7. The predicted molar refractivity (Wildman–Crippen MR) is 135 cm³/mol. The molecular weight excluding hydrogens is 597 g/mol. The molecule has 3 nitrogen and oxygen atoms in total. The minimum absolute atomic E-state index is 0. The van der Waals surface area contributed by atoms with E-state index in [2.05, 4.69) is 102 Å². The van der Waals surface area contributed by atoms with E-state index in [0.29, 0.717) is 0 Å². The largest absolute Gasteiger partial charge is 2.00 e. The van der Waals surface area contributed by atoms with E-state index in [9.17, 15) is 0 Å². The molecule has 3 aromatic heterocycles. The summed E-state index contributed by atoms with van der Waals surface area (Å²) in [5, 5.41) is 0. The Balaban J connectivity index is 0.00000274. The Bertz CT molecular complexity index is 1350. The second-order valence-electron chi connectivity index (χ2n) is 10.0. The molecule has 4 heterocycles. The minimum Gasteiger partial charge on any atom is -0.658 e. The maximum absolute atomic E-state index is 5.29. The van der Waals surface area contributed by atoms with Crippen molar-refractivity contribution in [3.8, 4) is 22.6 Å². The molecule has 0 atom stereocenters. The van der Waals surface area contributed by atoms with Crippen molar-refractivity contribution in [1.82, 2.24) is 15.0 Å². The van der Waals surface area contributed by atoms with Crippen LogP contribution in [0.15, 0.2) is 54.6 Å². The van der Waals surface area contributed by atoms with Crippen LogP contribution in [0.25, 0.3) is 22.6 Å². The van der Waals surface area contributed by atoms with Crippen molar-refractivity contribution >= 4 is 0 Å². The van der Waals surface area contributed by atoms with Crippen molar-refractivity contribution < 1.29 is 21.1 Å². The summed E-state index contributed by atoms with van der Waals surface area (Å²) in [6.07, 6.45) is 1.87. The number of aromatic nitrogens is 3. The summed E-state index contributed by atoms with van der Waals surface area (Å²) in [7, 11) is 0. The third-order valence-electron chi connectivity index (χ3n) is 7.22. The number of fused-ring (bicyclic) bond motifs is 10. The zero-order chi connectivity index (χ0) is 23.4. The Kier molecular flexibility index (Phi) is 6.46. The van der Waals surface area contributed by atoms with Crippen LogP contribution in [0.4, 0.5) is 0 Å². The van der Waals surface area contributed by atoms with Crippen LogP contribution < -0.4 is 4.98 Å². The second-order valence-corrected chi connectivity index (χ2v) is 10.0. The van der Waals surface area contributed by atoms with E-state index >= 15 is 0 Å². The monoisotopic (exact) mass is 628 g/mol. The van der Waals surface area contributed by atoms with E-state index in [1.807, 2.05) is 0 Å². The van der Waals surface area contributed by atoms with Gasteiger partial charge in [-0.15, -0.1) is 46.8 Å². The molecule has 0 fully saturated rings. The van der Waals surface area contributed by atoms with Gasteiger partial charge < -0.3 is 9.97 Å². The van der Waals surface area contributed by atoms with Crippen LogP contribution in [0.3, 0.4) is 0 Å². The van der Waals surface area contributed by atoms with Crippen molar-refractivity contribution in [3.05, 3.63) is 94.4 Å². The molecule has 0 radical (unpaired) electrons. The molecule has 4 heteroatoms. The zero-order valence-corrected chi connectivity index (χ0v) is 23.0. The number of benzene rings is 1. The van der Waals surface area contributed by atoms with E-state index in [4.69, 9.17) is 15.0 Å². The molecule has 0 saturated heterocycles. The summed E-state index contributed by atoms with van der Waals surface area (Å²) >= 11 is 0. The van der Waals surface area contributed by atoms with Gasteiger partial charge in [-0.25, -0.2) is 0 Å². The third kappa shape index (κ3) is 3.79. The van der Waals surface area contributed by atoms with Gasteiger partial charge in [-0.3, -0.25) is 4.98 Å². The van der Waals surface area contributed by atoms with Crippen molar-refractivity contribution in [2.45, 2.75) is 65.2 Å². The maximum atomic E-state index is 5.29. The fraction of sp³-hybridized carbons (Fsp3) is 0.333. The van der Waals surface area contributed by atoms with Crippen LogP contribution in [0, 0.1) is 6.07 Å². The third-order valence-corrected chi connectivity index (χ3v) is 7.22. The average molecular weight is 629 g/mol. The Hall–Kier alpha value is -2.51. The molecule has 5 rings (SSSR count). The van der Waals surface area contributed by atoms with E-state index in [1.54, 1.807) is 0 Å². The van der Waals surface area contributed by atoms with Gasteiger partial charge in [0.1, 0.15) is 0 Å². The SMILES string of the molecule is CCc1c2[n-]c(c1CC)C(C)(C)c1cccc(n1)-c1[c-]c(ccc1)C(C)(C)c1cccc-2n1.[Pt+2]. The molecule has 0 spiro atoms. The van der Waals surface area contributed by atoms with Gasteiger partial charge in [-0.2, -0.15) is 0 Å². The van der Waals surface area contributed by atoms with E-state index in [0.717, 1.165) is 58.1 Å². The Morgan fingerprint density at radius 3 is 2.00 bits per heavy atom. The molecule has 1 aliphatic rings. The normalized spacial score (nSPS) is 15.2. The summed E-state index contributed by atoms with van der Waals surface area (Å²) in [4.78, 5) is 15.6. The molecular formula is C30H31N3Pt. The molecule has 0 N–H and O–H groups in total. The van der Waals surface area contributed by atoms with Crippen LogP contribution in [-0.2, 0) is 44.7 Å². The fourth-order valence-electron chi connectivity index (χ4n) is 5.11. The van der Waals surface area contributed by atoms with Gasteiger partial charge in [0.25, 0.3) is 0 Å². The maximum Gasteiger partial charge on any atom is 2.00 e. The summed E-state index contributed by atoms with van der Waals surface area (Å²) in [5.74, 6) is 0. The first kappa shape index (κ1) is 24.6. The molecule has 176 valence electrons. The minimum atomic E-state index is -0.331. The van der Waals surface area contributed by atoms with Crippen LogP contribution in [0.2, 0.25) is 0 Å². The number of rotatable bonds is 2. The van der Waals surface area contributed by atoms with Gasteiger partial charge >= 0.3 is 21.1 Å². The van der Waals surface area contributed by atoms with E-state index < -0.39 is 0 Å². The number of pyridine rings is 2. The molecule has 1 aliphatic heterocycles. The number of hydrogen-bond donors (Lipinski definition) is 0. The summed E-state index contributed by atoms with van der Waals surface area (Å²) in [6.45, 7) is 13.4. The molecule has 8 bridgehead atoms. The molecule has 0 saturated carbocycles. The smallest absolute Gasteiger partial charge is 0.658 e. The van der Waals surface area contributed by atoms with Gasteiger partial charge in [0, 0.05) is 27.9 Å².